The Labute approximate surface area is 75.3 Å². The molecule has 2 aliphatic rings. The van der Waals surface area contributed by atoms with E-state index in [1.807, 2.05) is 0 Å². The zero-order valence-electron chi connectivity index (χ0n) is 8.27. The molecule has 0 spiro atoms. The third-order valence-corrected chi connectivity index (χ3v) is 3.16. The highest BCUT2D eigenvalue weighted by Crippen LogP contribution is 2.22. The molecule has 2 saturated heterocycles. The number of rotatable bonds is 0. The standard InChI is InChI=1S/C10H20N2/c1-10(2)8-12-6-4-3-5-9(12)7-11-10/h9,11H,3-8H2,1-2H3. The average Bonchev–Trinajstić information content (AvgIpc) is 2.02. The lowest BCUT2D eigenvalue weighted by atomic mass is 9.93. The Morgan fingerprint density at radius 3 is 3.00 bits per heavy atom. The van der Waals surface area contributed by atoms with Crippen LogP contribution in [-0.2, 0) is 0 Å². The van der Waals surface area contributed by atoms with Crippen molar-refractivity contribution in [2.24, 2.45) is 0 Å². The van der Waals surface area contributed by atoms with Crippen LogP contribution < -0.4 is 5.32 Å². The number of piperidine rings is 1. The number of nitrogens with one attached hydrogen (secondary N) is 1. The van der Waals surface area contributed by atoms with Gasteiger partial charge in [0.1, 0.15) is 0 Å². The van der Waals surface area contributed by atoms with E-state index in [2.05, 4.69) is 24.1 Å². The van der Waals surface area contributed by atoms with E-state index < -0.39 is 0 Å². The van der Waals surface area contributed by atoms with Crippen LogP contribution in [0.2, 0.25) is 0 Å². The normalized spacial score (nSPS) is 36.0. The van der Waals surface area contributed by atoms with Crippen molar-refractivity contribution < 1.29 is 0 Å². The van der Waals surface area contributed by atoms with E-state index in [1.54, 1.807) is 0 Å². The van der Waals surface area contributed by atoms with Crippen LogP contribution in [0.15, 0.2) is 0 Å². The number of nitrogens with zero attached hydrogens (tertiary/aromatic N) is 1. The fourth-order valence-corrected chi connectivity index (χ4v) is 2.46. The summed E-state index contributed by atoms with van der Waals surface area (Å²) in [6.45, 7) is 8.37. The molecular formula is C10H20N2. The molecule has 2 nitrogen and oxygen atoms in total. The van der Waals surface area contributed by atoms with Crippen LogP contribution >= 0.6 is 0 Å². The van der Waals surface area contributed by atoms with Crippen LogP contribution in [0.1, 0.15) is 33.1 Å². The van der Waals surface area contributed by atoms with Gasteiger partial charge in [0.2, 0.25) is 0 Å². The Morgan fingerprint density at radius 2 is 2.17 bits per heavy atom. The molecule has 0 aromatic rings. The van der Waals surface area contributed by atoms with Crippen LogP contribution in [0.4, 0.5) is 0 Å². The van der Waals surface area contributed by atoms with Gasteiger partial charge in [0.25, 0.3) is 0 Å². The zero-order valence-corrected chi connectivity index (χ0v) is 8.27. The molecule has 0 amide bonds. The van der Waals surface area contributed by atoms with E-state index in [0.29, 0.717) is 5.54 Å². The highest BCUT2D eigenvalue weighted by Gasteiger charge is 2.33. The summed E-state index contributed by atoms with van der Waals surface area (Å²) in [6, 6.07) is 0.840. The van der Waals surface area contributed by atoms with Crippen molar-refractivity contribution in [3.8, 4) is 0 Å². The van der Waals surface area contributed by atoms with Crippen LogP contribution in [0.3, 0.4) is 0 Å². The van der Waals surface area contributed by atoms with Gasteiger partial charge in [-0.2, -0.15) is 0 Å². The molecule has 70 valence electrons. The SMILES string of the molecule is CC1(C)CN2CCCCC2CN1. The Balaban J connectivity index is 1.99. The van der Waals surface area contributed by atoms with Crippen molar-refractivity contribution in [1.29, 1.82) is 0 Å². The number of fused-ring (bicyclic) bond motifs is 1. The smallest absolute Gasteiger partial charge is 0.0252 e. The largest absolute Gasteiger partial charge is 0.309 e. The van der Waals surface area contributed by atoms with Gasteiger partial charge in [-0.15, -0.1) is 0 Å². The molecule has 0 aromatic heterocycles. The lowest BCUT2D eigenvalue weighted by molar-refractivity contribution is 0.0669. The Morgan fingerprint density at radius 1 is 1.33 bits per heavy atom. The third kappa shape index (κ3) is 1.64. The predicted molar refractivity (Wildman–Crippen MR) is 51.3 cm³/mol. The quantitative estimate of drug-likeness (QED) is 0.585. The molecule has 1 N–H and O–H groups in total. The molecule has 2 aliphatic heterocycles. The van der Waals surface area contributed by atoms with Crippen LogP contribution in [0, 0.1) is 0 Å². The summed E-state index contributed by atoms with van der Waals surface area (Å²) in [5, 5.41) is 3.62. The Hall–Kier alpha value is -0.0800. The third-order valence-electron chi connectivity index (χ3n) is 3.16. The second-order valence-corrected chi connectivity index (χ2v) is 4.88. The van der Waals surface area contributed by atoms with Gasteiger partial charge in [-0.1, -0.05) is 6.42 Å². The van der Waals surface area contributed by atoms with Gasteiger partial charge in [0.15, 0.2) is 0 Å². The topological polar surface area (TPSA) is 15.3 Å². The number of piperazine rings is 1. The summed E-state index contributed by atoms with van der Waals surface area (Å²) in [4.78, 5) is 2.67. The van der Waals surface area contributed by atoms with E-state index in [0.717, 1.165) is 6.04 Å². The minimum atomic E-state index is 0.341. The monoisotopic (exact) mass is 168 g/mol. The fraction of sp³-hybridized carbons (Fsp3) is 1.00. The van der Waals surface area contributed by atoms with E-state index in [9.17, 15) is 0 Å². The Bertz CT molecular complexity index is 165. The van der Waals surface area contributed by atoms with E-state index in [4.69, 9.17) is 0 Å². The number of hydrogen-bond acceptors (Lipinski definition) is 2. The summed E-state index contributed by atoms with van der Waals surface area (Å²) < 4.78 is 0. The van der Waals surface area contributed by atoms with Gasteiger partial charge in [-0.3, -0.25) is 4.90 Å². The summed E-state index contributed by atoms with van der Waals surface area (Å²) in [5.41, 5.74) is 0.341. The molecule has 2 fully saturated rings. The molecule has 0 bridgehead atoms. The summed E-state index contributed by atoms with van der Waals surface area (Å²) in [7, 11) is 0. The van der Waals surface area contributed by atoms with Gasteiger partial charge in [-0.05, 0) is 33.2 Å². The number of hydrogen-bond donors (Lipinski definition) is 1. The molecule has 1 atom stereocenters. The van der Waals surface area contributed by atoms with Gasteiger partial charge in [0, 0.05) is 24.7 Å². The van der Waals surface area contributed by atoms with Gasteiger partial charge < -0.3 is 5.32 Å². The molecule has 2 heteroatoms. The lowest BCUT2D eigenvalue weighted by Crippen LogP contribution is -2.62. The zero-order chi connectivity index (χ0) is 8.60. The summed E-state index contributed by atoms with van der Waals surface area (Å²) in [5.74, 6) is 0. The minimum absolute atomic E-state index is 0.341. The molecule has 0 saturated carbocycles. The van der Waals surface area contributed by atoms with Crippen molar-refractivity contribution in [3.63, 3.8) is 0 Å². The second-order valence-electron chi connectivity index (χ2n) is 4.88. The maximum absolute atomic E-state index is 3.62. The van der Waals surface area contributed by atoms with Gasteiger partial charge in [-0.25, -0.2) is 0 Å². The van der Waals surface area contributed by atoms with Crippen molar-refractivity contribution in [1.82, 2.24) is 10.2 Å². The van der Waals surface area contributed by atoms with Crippen LogP contribution in [-0.4, -0.2) is 36.1 Å². The lowest BCUT2D eigenvalue weighted by Gasteiger charge is -2.46. The van der Waals surface area contributed by atoms with Crippen molar-refractivity contribution >= 4 is 0 Å². The summed E-state index contributed by atoms with van der Waals surface area (Å²) >= 11 is 0. The van der Waals surface area contributed by atoms with E-state index in [1.165, 1.54) is 38.9 Å². The van der Waals surface area contributed by atoms with Gasteiger partial charge in [0.05, 0.1) is 0 Å². The molecule has 2 heterocycles. The molecule has 0 aromatic carbocycles. The maximum atomic E-state index is 3.62. The molecular weight excluding hydrogens is 148 g/mol. The first kappa shape index (κ1) is 8.52. The molecule has 0 aliphatic carbocycles. The van der Waals surface area contributed by atoms with Crippen molar-refractivity contribution in [3.05, 3.63) is 0 Å². The second kappa shape index (κ2) is 3.00. The first-order valence-electron chi connectivity index (χ1n) is 5.16. The summed E-state index contributed by atoms with van der Waals surface area (Å²) in [6.07, 6.45) is 4.25. The molecule has 12 heavy (non-hydrogen) atoms. The van der Waals surface area contributed by atoms with Crippen LogP contribution in [0.5, 0.6) is 0 Å². The van der Waals surface area contributed by atoms with Crippen molar-refractivity contribution in [2.75, 3.05) is 19.6 Å². The molecule has 2 rings (SSSR count). The molecule has 0 radical (unpaired) electrons. The minimum Gasteiger partial charge on any atom is -0.309 e. The van der Waals surface area contributed by atoms with Gasteiger partial charge >= 0.3 is 0 Å². The van der Waals surface area contributed by atoms with Crippen molar-refractivity contribution in [2.45, 2.75) is 44.7 Å². The van der Waals surface area contributed by atoms with Crippen LogP contribution in [0.25, 0.3) is 0 Å². The first-order chi connectivity index (χ1) is 5.67. The first-order valence-corrected chi connectivity index (χ1v) is 5.16. The van der Waals surface area contributed by atoms with E-state index >= 15 is 0 Å². The van der Waals surface area contributed by atoms with E-state index in [-0.39, 0.29) is 0 Å². The highest BCUT2D eigenvalue weighted by molar-refractivity contribution is 4.93. The predicted octanol–water partition coefficient (Wildman–Crippen LogP) is 1.22. The fourth-order valence-electron chi connectivity index (χ4n) is 2.46. The Kier molecular flexibility index (Phi) is 2.13. The maximum Gasteiger partial charge on any atom is 0.0252 e. The molecule has 1 unspecified atom stereocenters. The average molecular weight is 168 g/mol. The highest BCUT2D eigenvalue weighted by atomic mass is 15.2.